The maximum Gasteiger partial charge on any atom is 0.0613 e. The molecule has 3 nitrogen and oxygen atoms in total. The molecule has 4 rings (SSSR count). The summed E-state index contributed by atoms with van der Waals surface area (Å²) in [4.78, 5) is 2.63. The van der Waals surface area contributed by atoms with Crippen LogP contribution in [0.2, 0.25) is 0 Å². The minimum absolute atomic E-state index is 0.517. The smallest absolute Gasteiger partial charge is 0.0613 e. The Morgan fingerprint density at radius 3 is 2.71 bits per heavy atom. The monoisotopic (exact) mass is 238 g/mol. The van der Waals surface area contributed by atoms with Gasteiger partial charge in [0.2, 0.25) is 0 Å². The van der Waals surface area contributed by atoms with Gasteiger partial charge in [0.25, 0.3) is 0 Å². The normalized spacial score (nSPS) is 45.4. The number of ether oxygens (including phenoxy) is 1. The first-order chi connectivity index (χ1) is 8.36. The van der Waals surface area contributed by atoms with Crippen molar-refractivity contribution in [3.05, 3.63) is 0 Å². The maximum absolute atomic E-state index is 5.77. The van der Waals surface area contributed by atoms with Gasteiger partial charge in [0, 0.05) is 25.7 Å². The van der Waals surface area contributed by atoms with E-state index in [1.807, 2.05) is 0 Å². The van der Waals surface area contributed by atoms with E-state index in [1.165, 1.54) is 51.9 Å². The molecule has 2 bridgehead atoms. The molecule has 17 heavy (non-hydrogen) atoms. The number of rotatable bonds is 4. The van der Waals surface area contributed by atoms with Crippen LogP contribution in [-0.2, 0) is 4.74 Å². The van der Waals surface area contributed by atoms with Crippen molar-refractivity contribution < 1.29 is 4.74 Å². The number of piperidine rings is 3. The van der Waals surface area contributed by atoms with Gasteiger partial charge in [-0.2, -0.15) is 0 Å². The van der Waals surface area contributed by atoms with E-state index in [2.05, 4.69) is 17.1 Å². The zero-order valence-corrected chi connectivity index (χ0v) is 11.0. The third-order valence-electron chi connectivity index (χ3n) is 5.05. The third-order valence-corrected chi connectivity index (χ3v) is 5.05. The highest BCUT2D eigenvalue weighted by Gasteiger charge is 2.35. The zero-order chi connectivity index (χ0) is 11.7. The van der Waals surface area contributed by atoms with Gasteiger partial charge in [-0.3, -0.25) is 0 Å². The van der Waals surface area contributed by atoms with Crippen molar-refractivity contribution in [2.45, 2.75) is 44.8 Å². The van der Waals surface area contributed by atoms with Gasteiger partial charge in [-0.05, 0) is 50.6 Å². The predicted molar refractivity (Wildman–Crippen MR) is 69.1 cm³/mol. The second-order valence-corrected chi connectivity index (χ2v) is 6.02. The predicted octanol–water partition coefficient (Wildman–Crippen LogP) is 1.49. The molecule has 4 aliphatic heterocycles. The standard InChI is InChI=1S/C14H26N2O/c1-2-14-12(5-8-17-14)9-15-13-10-16-6-3-11(13)4-7-16/h11-15H,2-10H2,1H3. The lowest BCUT2D eigenvalue weighted by atomic mass is 9.83. The topological polar surface area (TPSA) is 24.5 Å². The fraction of sp³-hybridized carbons (Fsp3) is 1.00. The Morgan fingerprint density at radius 1 is 1.24 bits per heavy atom. The Labute approximate surface area is 105 Å². The summed E-state index contributed by atoms with van der Waals surface area (Å²) in [6.07, 6.45) is 5.77. The van der Waals surface area contributed by atoms with Crippen LogP contribution >= 0.6 is 0 Å². The molecule has 0 aromatic carbocycles. The quantitative estimate of drug-likeness (QED) is 0.803. The number of nitrogens with zero attached hydrogens (tertiary/aromatic N) is 1. The van der Waals surface area contributed by atoms with Gasteiger partial charge in [0.05, 0.1) is 6.10 Å². The Bertz CT molecular complexity index is 251. The second-order valence-electron chi connectivity index (χ2n) is 6.02. The molecule has 3 unspecified atom stereocenters. The third kappa shape index (κ3) is 2.51. The molecule has 98 valence electrons. The Hall–Kier alpha value is -0.120. The number of nitrogens with one attached hydrogen (secondary N) is 1. The first-order valence-electron chi connectivity index (χ1n) is 7.44. The van der Waals surface area contributed by atoms with Gasteiger partial charge >= 0.3 is 0 Å². The summed E-state index contributed by atoms with van der Waals surface area (Å²) < 4.78 is 5.77. The van der Waals surface area contributed by atoms with Gasteiger partial charge in [-0.1, -0.05) is 6.92 Å². The molecule has 4 aliphatic rings. The van der Waals surface area contributed by atoms with Crippen molar-refractivity contribution in [1.29, 1.82) is 0 Å². The van der Waals surface area contributed by atoms with Crippen LogP contribution in [0.15, 0.2) is 0 Å². The summed E-state index contributed by atoms with van der Waals surface area (Å²) in [6, 6.07) is 0.760. The van der Waals surface area contributed by atoms with E-state index in [4.69, 9.17) is 4.74 Å². The SMILES string of the molecule is CCC1OCCC1CNC1CN2CCC1CC2. The van der Waals surface area contributed by atoms with Crippen LogP contribution in [0.1, 0.15) is 32.6 Å². The molecule has 4 heterocycles. The highest BCUT2D eigenvalue weighted by molar-refractivity contribution is 4.91. The van der Waals surface area contributed by atoms with Crippen LogP contribution in [0.4, 0.5) is 0 Å². The van der Waals surface area contributed by atoms with Crippen molar-refractivity contribution in [1.82, 2.24) is 10.2 Å². The first-order valence-corrected chi connectivity index (χ1v) is 7.44. The molecule has 3 heteroatoms. The molecule has 3 atom stereocenters. The Morgan fingerprint density at radius 2 is 2.06 bits per heavy atom. The molecular weight excluding hydrogens is 212 g/mol. The summed E-state index contributed by atoms with van der Waals surface area (Å²) in [5.41, 5.74) is 0. The highest BCUT2D eigenvalue weighted by atomic mass is 16.5. The number of hydrogen-bond donors (Lipinski definition) is 1. The van der Waals surface area contributed by atoms with E-state index < -0.39 is 0 Å². The zero-order valence-electron chi connectivity index (χ0n) is 11.0. The maximum atomic E-state index is 5.77. The summed E-state index contributed by atoms with van der Waals surface area (Å²) in [5, 5.41) is 3.84. The van der Waals surface area contributed by atoms with Gasteiger partial charge < -0.3 is 15.0 Å². The fourth-order valence-corrected chi connectivity index (χ4v) is 3.88. The van der Waals surface area contributed by atoms with Gasteiger partial charge in [-0.25, -0.2) is 0 Å². The molecule has 1 N–H and O–H groups in total. The largest absolute Gasteiger partial charge is 0.378 e. The van der Waals surface area contributed by atoms with Gasteiger partial charge in [0.15, 0.2) is 0 Å². The van der Waals surface area contributed by atoms with E-state index >= 15 is 0 Å². The highest BCUT2D eigenvalue weighted by Crippen LogP contribution is 2.28. The van der Waals surface area contributed by atoms with E-state index in [-0.39, 0.29) is 0 Å². The average Bonchev–Trinajstić information content (AvgIpc) is 2.85. The summed E-state index contributed by atoms with van der Waals surface area (Å²) >= 11 is 0. The molecule has 0 radical (unpaired) electrons. The van der Waals surface area contributed by atoms with E-state index in [1.54, 1.807) is 0 Å². The van der Waals surface area contributed by atoms with Crippen molar-refractivity contribution >= 4 is 0 Å². The van der Waals surface area contributed by atoms with Crippen LogP contribution < -0.4 is 5.32 Å². The molecular formula is C14H26N2O. The lowest BCUT2D eigenvalue weighted by Gasteiger charge is -2.45. The Balaban J connectivity index is 1.48. The van der Waals surface area contributed by atoms with E-state index in [9.17, 15) is 0 Å². The van der Waals surface area contributed by atoms with Crippen LogP contribution in [-0.4, -0.2) is 49.8 Å². The first kappa shape index (κ1) is 11.9. The minimum Gasteiger partial charge on any atom is -0.378 e. The molecule has 0 aliphatic carbocycles. The van der Waals surface area contributed by atoms with Crippen molar-refractivity contribution in [3.8, 4) is 0 Å². The molecule has 0 saturated carbocycles. The molecule has 4 saturated heterocycles. The van der Waals surface area contributed by atoms with Crippen LogP contribution in [0.25, 0.3) is 0 Å². The van der Waals surface area contributed by atoms with Crippen molar-refractivity contribution in [2.24, 2.45) is 11.8 Å². The van der Waals surface area contributed by atoms with Crippen molar-refractivity contribution in [3.63, 3.8) is 0 Å². The second kappa shape index (κ2) is 5.25. The van der Waals surface area contributed by atoms with E-state index in [0.717, 1.165) is 24.5 Å². The lowest BCUT2D eigenvalue weighted by Crippen LogP contribution is -2.56. The molecule has 4 fully saturated rings. The van der Waals surface area contributed by atoms with Gasteiger partial charge in [-0.15, -0.1) is 0 Å². The molecule has 0 aromatic rings. The van der Waals surface area contributed by atoms with Crippen LogP contribution in [0.5, 0.6) is 0 Å². The summed E-state index contributed by atoms with van der Waals surface area (Å²) in [5.74, 6) is 1.71. The summed E-state index contributed by atoms with van der Waals surface area (Å²) in [7, 11) is 0. The molecule has 0 aromatic heterocycles. The summed E-state index contributed by atoms with van der Waals surface area (Å²) in [6.45, 7) is 8.37. The molecule has 0 spiro atoms. The van der Waals surface area contributed by atoms with Gasteiger partial charge in [0.1, 0.15) is 0 Å². The van der Waals surface area contributed by atoms with Crippen LogP contribution in [0.3, 0.4) is 0 Å². The Kier molecular flexibility index (Phi) is 3.69. The number of fused-ring (bicyclic) bond motifs is 3. The van der Waals surface area contributed by atoms with E-state index in [0.29, 0.717) is 6.10 Å². The number of hydrogen-bond acceptors (Lipinski definition) is 3. The van der Waals surface area contributed by atoms with Crippen LogP contribution in [0, 0.1) is 11.8 Å². The van der Waals surface area contributed by atoms with Crippen molar-refractivity contribution in [2.75, 3.05) is 32.8 Å². The minimum atomic E-state index is 0.517. The average molecular weight is 238 g/mol. The fourth-order valence-electron chi connectivity index (χ4n) is 3.88. The molecule has 0 amide bonds. The lowest BCUT2D eigenvalue weighted by molar-refractivity contribution is 0.0615.